The third kappa shape index (κ3) is 4.29. The van der Waals surface area contributed by atoms with Crippen molar-refractivity contribution in [2.45, 2.75) is 80.0 Å². The maximum Gasteiger partial charge on any atom is 0.193 e. The largest absolute Gasteiger partial charge is 0.393 e. The maximum absolute atomic E-state index is 13.7. The highest BCUT2D eigenvalue weighted by Gasteiger charge is 2.75. The first-order chi connectivity index (χ1) is 20.6. The molecule has 1 aliphatic heterocycles. The van der Waals surface area contributed by atoms with E-state index in [2.05, 4.69) is 6.92 Å². The highest BCUT2D eigenvalue weighted by Crippen LogP contribution is 2.70. The van der Waals surface area contributed by atoms with E-state index >= 15 is 0 Å². The molecule has 0 bridgehead atoms. The lowest BCUT2D eigenvalue weighted by molar-refractivity contribution is -0.201. The molecule has 0 aromatic heterocycles. The van der Waals surface area contributed by atoms with Gasteiger partial charge < -0.3 is 24.8 Å². The van der Waals surface area contributed by atoms with E-state index in [-0.39, 0.29) is 35.9 Å². The van der Waals surface area contributed by atoms with Crippen molar-refractivity contribution >= 4 is 23.3 Å². The summed E-state index contributed by atoms with van der Waals surface area (Å²) in [5.74, 6) is -0.283. The number of hydrogen-bond acceptors (Lipinski definition) is 8. The number of carbonyl (C=O) groups excluding carboxylic acids is 2. The fourth-order valence-electron chi connectivity index (χ4n) is 9.33. The number of Topliss-reactive ketones (excluding diaryl/α,β-unsaturated/α-hetero) is 1. The van der Waals surface area contributed by atoms with E-state index in [1.165, 1.54) is 0 Å². The molecule has 4 aliphatic carbocycles. The quantitative estimate of drug-likeness (QED) is 0.427. The Morgan fingerprint density at radius 2 is 1.74 bits per heavy atom. The number of hydrogen-bond donors (Lipinski definition) is 3. The van der Waals surface area contributed by atoms with Gasteiger partial charge in [0.1, 0.15) is 6.61 Å². The minimum absolute atomic E-state index is 0.000120. The average Bonchev–Trinajstić information content (AvgIpc) is 3.50. The Labute approximate surface area is 256 Å². The third-order valence-corrected chi connectivity index (χ3v) is 12.3. The normalized spacial score (nSPS) is 39.5. The summed E-state index contributed by atoms with van der Waals surface area (Å²) >= 11 is 1.61. The number of aliphatic hydroxyl groups excluding tert-OH is 3. The first-order valence-electron chi connectivity index (χ1n) is 15.2. The molecular weight excluding hydrogens is 564 g/mol. The summed E-state index contributed by atoms with van der Waals surface area (Å²) in [6, 6.07) is 15.7. The molecule has 43 heavy (non-hydrogen) atoms. The summed E-state index contributed by atoms with van der Waals surface area (Å²) in [7, 11) is 0. The van der Waals surface area contributed by atoms with Crippen molar-refractivity contribution in [1.29, 1.82) is 0 Å². The number of ether oxygens (including phenoxy) is 2. The van der Waals surface area contributed by atoms with Crippen LogP contribution in [-0.2, 0) is 25.7 Å². The van der Waals surface area contributed by atoms with Gasteiger partial charge in [-0.1, -0.05) is 61.5 Å². The Hall–Kier alpha value is -2.59. The highest BCUT2D eigenvalue weighted by atomic mass is 32.2. The van der Waals surface area contributed by atoms with Gasteiger partial charge in [0, 0.05) is 32.1 Å². The number of benzene rings is 2. The van der Waals surface area contributed by atoms with Gasteiger partial charge in [0.2, 0.25) is 0 Å². The van der Waals surface area contributed by atoms with E-state index in [4.69, 9.17) is 9.47 Å². The summed E-state index contributed by atoms with van der Waals surface area (Å²) in [6.45, 7) is 3.54. The SMILES string of the molecule is C[C@]12C=CC(=O)C=C1CC[C@@H]1[C@@H]2[C@@H](O)C[C@@]2(C)[C@H]1C[C@H]1O[C@@H](c3ccc(Sc4ccc(CO)cc4)cc3)O[C@]12C(=O)CO. The van der Waals surface area contributed by atoms with Crippen LogP contribution in [0.2, 0.25) is 0 Å². The zero-order valence-corrected chi connectivity index (χ0v) is 25.3. The zero-order valence-electron chi connectivity index (χ0n) is 24.4. The van der Waals surface area contributed by atoms with Crippen LogP contribution in [0.15, 0.2) is 82.1 Å². The Morgan fingerprint density at radius 1 is 1.05 bits per heavy atom. The molecular formula is C35H38O7S. The minimum atomic E-state index is -1.36. The van der Waals surface area contributed by atoms with Gasteiger partial charge in [-0.2, -0.15) is 0 Å². The van der Waals surface area contributed by atoms with E-state index < -0.39 is 41.5 Å². The van der Waals surface area contributed by atoms with E-state index in [1.54, 1.807) is 23.9 Å². The number of ketones is 2. The van der Waals surface area contributed by atoms with Crippen molar-refractivity contribution in [2.24, 2.45) is 28.6 Å². The molecule has 8 heteroatoms. The van der Waals surface area contributed by atoms with Gasteiger partial charge in [0.05, 0.1) is 18.8 Å². The fraction of sp³-hybridized carbons (Fsp3) is 0.486. The van der Waals surface area contributed by atoms with E-state index in [1.807, 2.05) is 61.5 Å². The second kappa shape index (κ2) is 10.5. The Morgan fingerprint density at radius 3 is 2.42 bits per heavy atom. The molecule has 3 N–H and O–H groups in total. The summed E-state index contributed by atoms with van der Waals surface area (Å²) in [5, 5.41) is 31.3. The van der Waals surface area contributed by atoms with Gasteiger partial charge in [0.25, 0.3) is 0 Å². The van der Waals surface area contributed by atoms with Gasteiger partial charge >= 0.3 is 0 Å². The predicted molar refractivity (Wildman–Crippen MR) is 160 cm³/mol. The molecule has 2 aromatic rings. The molecule has 0 unspecified atom stereocenters. The average molecular weight is 603 g/mol. The molecule has 3 saturated carbocycles. The molecule has 7 rings (SSSR count). The van der Waals surface area contributed by atoms with Gasteiger partial charge in [-0.25, -0.2) is 0 Å². The van der Waals surface area contributed by atoms with Crippen LogP contribution in [0, 0.1) is 28.6 Å². The summed E-state index contributed by atoms with van der Waals surface area (Å²) in [5.41, 5.74) is 0.250. The Bertz CT molecular complexity index is 1500. The van der Waals surface area contributed by atoms with Crippen LogP contribution in [0.5, 0.6) is 0 Å². The maximum atomic E-state index is 13.7. The minimum Gasteiger partial charge on any atom is -0.393 e. The second-order valence-electron chi connectivity index (χ2n) is 13.3. The van der Waals surface area contributed by atoms with Gasteiger partial charge in [-0.15, -0.1) is 0 Å². The van der Waals surface area contributed by atoms with Crippen molar-refractivity contribution in [2.75, 3.05) is 6.61 Å². The first kappa shape index (κ1) is 29.1. The zero-order chi connectivity index (χ0) is 30.1. The lowest BCUT2D eigenvalue weighted by atomic mass is 9.46. The number of aliphatic hydroxyl groups is 3. The third-order valence-electron chi connectivity index (χ3n) is 11.3. The van der Waals surface area contributed by atoms with Crippen LogP contribution in [-0.4, -0.2) is 51.3 Å². The molecule has 226 valence electrons. The Balaban J connectivity index is 1.16. The molecule has 0 spiro atoms. The van der Waals surface area contributed by atoms with Crippen LogP contribution in [0.4, 0.5) is 0 Å². The molecule has 2 aromatic carbocycles. The number of allylic oxidation sites excluding steroid dienone is 4. The summed E-state index contributed by atoms with van der Waals surface area (Å²) in [4.78, 5) is 28.0. The molecule has 0 amide bonds. The number of carbonyl (C=O) groups is 2. The van der Waals surface area contributed by atoms with Gasteiger partial charge in [0.15, 0.2) is 23.5 Å². The summed E-state index contributed by atoms with van der Waals surface area (Å²) < 4.78 is 13.3. The van der Waals surface area contributed by atoms with E-state index in [0.29, 0.717) is 12.8 Å². The van der Waals surface area contributed by atoms with Crippen LogP contribution in [0.1, 0.15) is 56.9 Å². The van der Waals surface area contributed by atoms with Crippen LogP contribution in [0.3, 0.4) is 0 Å². The molecule has 7 nitrogen and oxygen atoms in total. The molecule has 9 atom stereocenters. The van der Waals surface area contributed by atoms with Crippen molar-refractivity contribution in [1.82, 2.24) is 0 Å². The van der Waals surface area contributed by atoms with Crippen molar-refractivity contribution in [3.8, 4) is 0 Å². The fourth-order valence-corrected chi connectivity index (χ4v) is 10.1. The molecule has 0 radical (unpaired) electrons. The van der Waals surface area contributed by atoms with Crippen LogP contribution in [0.25, 0.3) is 0 Å². The molecule has 4 fully saturated rings. The van der Waals surface area contributed by atoms with Crippen LogP contribution < -0.4 is 0 Å². The number of rotatable bonds is 6. The first-order valence-corrected chi connectivity index (χ1v) is 16.0. The number of fused-ring (bicyclic) bond motifs is 7. The topological polar surface area (TPSA) is 113 Å². The van der Waals surface area contributed by atoms with Crippen molar-refractivity contribution in [3.63, 3.8) is 0 Å². The standard InChI is InChI=1S/C35H38O7S/c1-33-14-13-23(38)15-22(33)7-12-26-27-16-30-35(29(40)19-37,34(27,2)17-28(39)31(26)33)42-32(41-30)21-5-10-25(11-6-21)43-24-8-3-20(18-36)4-9-24/h3-6,8-11,13-15,26-28,30-32,36-37,39H,7,12,16-19H2,1-2H3/t26-,27-,28-,30+,31+,32+,33-,34-,35+/m0/s1. The molecule has 1 saturated heterocycles. The van der Waals surface area contributed by atoms with Crippen LogP contribution >= 0.6 is 11.8 Å². The monoisotopic (exact) mass is 602 g/mol. The summed E-state index contributed by atoms with van der Waals surface area (Å²) in [6.07, 6.45) is 5.91. The molecule has 1 heterocycles. The van der Waals surface area contributed by atoms with E-state index in [9.17, 15) is 24.9 Å². The van der Waals surface area contributed by atoms with E-state index in [0.717, 1.165) is 39.3 Å². The lowest BCUT2D eigenvalue weighted by Crippen LogP contribution is -2.63. The predicted octanol–water partition coefficient (Wildman–Crippen LogP) is 4.93. The lowest BCUT2D eigenvalue weighted by Gasteiger charge is -2.59. The molecule has 5 aliphatic rings. The highest BCUT2D eigenvalue weighted by molar-refractivity contribution is 7.99. The van der Waals surface area contributed by atoms with Crippen molar-refractivity contribution in [3.05, 3.63) is 83.5 Å². The van der Waals surface area contributed by atoms with Gasteiger partial charge in [-0.05, 0) is 79.5 Å². The van der Waals surface area contributed by atoms with Gasteiger partial charge in [-0.3, -0.25) is 9.59 Å². The Kier molecular flexibility index (Phi) is 7.12. The second-order valence-corrected chi connectivity index (χ2v) is 14.5. The smallest absolute Gasteiger partial charge is 0.193 e. The van der Waals surface area contributed by atoms with Crippen molar-refractivity contribution < 1.29 is 34.4 Å².